The lowest BCUT2D eigenvalue weighted by Gasteiger charge is -2.21. The first-order valence-corrected chi connectivity index (χ1v) is 9.78. The third kappa shape index (κ3) is 3.90. The molecule has 0 radical (unpaired) electrons. The Kier molecular flexibility index (Phi) is 5.50. The molecule has 4 rings (SSSR count). The van der Waals surface area contributed by atoms with E-state index in [9.17, 15) is 0 Å². The van der Waals surface area contributed by atoms with Crippen LogP contribution in [0.25, 0.3) is 11.3 Å². The molecule has 6 nitrogen and oxygen atoms in total. The molecule has 7 heteroatoms. The smallest absolute Gasteiger partial charge is 0.140 e. The Morgan fingerprint density at radius 3 is 2.53 bits per heavy atom. The lowest BCUT2D eigenvalue weighted by atomic mass is 9.90. The first kappa shape index (κ1) is 19.7. The number of rotatable bonds is 5. The van der Waals surface area contributed by atoms with E-state index in [0.29, 0.717) is 34.6 Å². The van der Waals surface area contributed by atoms with Crippen LogP contribution in [0.4, 0.5) is 5.69 Å². The van der Waals surface area contributed by atoms with Gasteiger partial charge in [0.15, 0.2) is 0 Å². The number of nitrogen functional groups attached to an aromatic ring is 2. The lowest BCUT2D eigenvalue weighted by Crippen LogP contribution is -2.20. The number of ether oxygens (including phenoxy) is 1. The number of nitrogens with two attached hydrogens (primary N) is 2. The summed E-state index contributed by atoms with van der Waals surface area (Å²) in [6.45, 7) is 0. The van der Waals surface area contributed by atoms with Gasteiger partial charge < -0.3 is 16.2 Å². The average molecular weight is 418 g/mol. The number of nitrogens with one attached hydrogen (secondary N) is 1. The Morgan fingerprint density at radius 1 is 1.13 bits per heavy atom. The molecule has 5 N–H and O–H groups in total. The summed E-state index contributed by atoms with van der Waals surface area (Å²) < 4.78 is 5.87. The van der Waals surface area contributed by atoms with Gasteiger partial charge in [0.05, 0.1) is 28.2 Å². The molecule has 0 saturated carbocycles. The molecule has 3 aromatic rings. The number of amidine groups is 1. The van der Waals surface area contributed by atoms with E-state index in [1.165, 1.54) is 0 Å². The maximum atomic E-state index is 8.08. The molecule has 0 fully saturated rings. The van der Waals surface area contributed by atoms with Crippen LogP contribution in [-0.4, -0.2) is 15.8 Å². The SMILES string of the molecule is N=C(N)c1c(C2C=CC(Oc3ccccc3)=CC2)nc(Cl)c(-c2ccccn2)c1N. The number of aromatic nitrogens is 2. The van der Waals surface area contributed by atoms with Gasteiger partial charge in [-0.3, -0.25) is 10.4 Å². The number of nitrogens with zero attached hydrogens (tertiary/aromatic N) is 2. The Balaban J connectivity index is 1.67. The molecule has 1 atom stereocenters. The number of hydrogen-bond donors (Lipinski definition) is 3. The van der Waals surface area contributed by atoms with Crippen LogP contribution in [0.3, 0.4) is 0 Å². The molecule has 1 aliphatic rings. The van der Waals surface area contributed by atoms with Gasteiger partial charge in [0, 0.05) is 12.1 Å². The van der Waals surface area contributed by atoms with Crippen molar-refractivity contribution in [2.24, 2.45) is 5.73 Å². The van der Waals surface area contributed by atoms with E-state index >= 15 is 0 Å². The van der Waals surface area contributed by atoms with E-state index in [1.54, 1.807) is 18.3 Å². The van der Waals surface area contributed by atoms with Crippen LogP contribution in [0.1, 0.15) is 23.6 Å². The molecule has 1 unspecified atom stereocenters. The van der Waals surface area contributed by atoms with Gasteiger partial charge in [-0.1, -0.05) is 41.9 Å². The van der Waals surface area contributed by atoms with E-state index in [0.717, 1.165) is 11.5 Å². The zero-order valence-electron chi connectivity index (χ0n) is 16.0. The Bertz CT molecular complexity index is 1140. The lowest BCUT2D eigenvalue weighted by molar-refractivity contribution is 0.437. The minimum absolute atomic E-state index is 0.135. The zero-order valence-corrected chi connectivity index (χ0v) is 16.8. The second-order valence-corrected chi connectivity index (χ2v) is 7.16. The summed E-state index contributed by atoms with van der Waals surface area (Å²) in [5.41, 5.74) is 14.6. The van der Waals surface area contributed by atoms with Crippen LogP contribution in [0.15, 0.2) is 78.7 Å². The second kappa shape index (κ2) is 8.39. The highest BCUT2D eigenvalue weighted by atomic mass is 35.5. The molecule has 150 valence electrons. The van der Waals surface area contributed by atoms with Gasteiger partial charge in [0.25, 0.3) is 0 Å². The van der Waals surface area contributed by atoms with Gasteiger partial charge >= 0.3 is 0 Å². The molecule has 2 aromatic heterocycles. The summed E-state index contributed by atoms with van der Waals surface area (Å²) in [4.78, 5) is 8.87. The van der Waals surface area contributed by atoms with Crippen molar-refractivity contribution < 1.29 is 4.74 Å². The minimum Gasteiger partial charge on any atom is -0.458 e. The molecule has 0 saturated heterocycles. The summed E-state index contributed by atoms with van der Waals surface area (Å²) in [5.74, 6) is 1.21. The third-order valence-corrected chi connectivity index (χ3v) is 5.08. The molecule has 30 heavy (non-hydrogen) atoms. The number of allylic oxidation sites excluding steroid dienone is 3. The van der Waals surface area contributed by atoms with Crippen LogP contribution in [0.2, 0.25) is 5.15 Å². The van der Waals surface area contributed by atoms with Gasteiger partial charge in [0.2, 0.25) is 0 Å². The highest BCUT2D eigenvalue weighted by Gasteiger charge is 2.25. The predicted octanol–water partition coefficient (Wildman–Crippen LogP) is 4.67. The van der Waals surface area contributed by atoms with Crippen molar-refractivity contribution >= 4 is 23.1 Å². The quantitative estimate of drug-likeness (QED) is 0.317. The number of benzene rings is 1. The van der Waals surface area contributed by atoms with Crippen LogP contribution in [0.5, 0.6) is 5.75 Å². The van der Waals surface area contributed by atoms with Crippen molar-refractivity contribution in [2.45, 2.75) is 12.3 Å². The zero-order chi connectivity index (χ0) is 21.1. The van der Waals surface area contributed by atoms with Gasteiger partial charge in [-0.05, 0) is 42.8 Å². The molecule has 2 heterocycles. The summed E-state index contributed by atoms with van der Waals surface area (Å²) >= 11 is 6.49. The summed E-state index contributed by atoms with van der Waals surface area (Å²) in [6.07, 6.45) is 8.08. The maximum absolute atomic E-state index is 8.08. The number of pyridine rings is 2. The van der Waals surface area contributed by atoms with Gasteiger partial charge in [-0.2, -0.15) is 0 Å². The molecular weight excluding hydrogens is 398 g/mol. The van der Waals surface area contributed by atoms with Crippen molar-refractivity contribution in [3.05, 3.63) is 95.1 Å². The topological polar surface area (TPSA) is 111 Å². The van der Waals surface area contributed by atoms with Crippen LogP contribution >= 0.6 is 11.6 Å². The first-order chi connectivity index (χ1) is 14.5. The first-order valence-electron chi connectivity index (χ1n) is 9.40. The molecule has 0 amide bonds. The number of anilines is 1. The maximum Gasteiger partial charge on any atom is 0.140 e. The van der Waals surface area contributed by atoms with Crippen LogP contribution in [0, 0.1) is 5.41 Å². The van der Waals surface area contributed by atoms with Gasteiger partial charge in [-0.15, -0.1) is 0 Å². The predicted molar refractivity (Wildman–Crippen MR) is 120 cm³/mol. The fourth-order valence-corrected chi connectivity index (χ4v) is 3.69. The van der Waals surface area contributed by atoms with Crippen LogP contribution < -0.4 is 16.2 Å². The number of halogens is 1. The molecule has 0 aliphatic heterocycles. The van der Waals surface area contributed by atoms with E-state index in [2.05, 4.69) is 9.97 Å². The van der Waals surface area contributed by atoms with E-state index in [1.807, 2.05) is 54.6 Å². The summed E-state index contributed by atoms with van der Waals surface area (Å²) in [6, 6.07) is 15.0. The highest BCUT2D eigenvalue weighted by Crippen LogP contribution is 2.38. The molecule has 0 bridgehead atoms. The fraction of sp³-hybridized carbons (Fsp3) is 0.0870. The Labute approximate surface area is 179 Å². The fourth-order valence-electron chi connectivity index (χ4n) is 3.40. The number of para-hydroxylation sites is 1. The second-order valence-electron chi connectivity index (χ2n) is 6.80. The molecule has 0 spiro atoms. The van der Waals surface area contributed by atoms with Crippen molar-refractivity contribution in [3.8, 4) is 17.0 Å². The molecule has 1 aromatic carbocycles. The Hall–Kier alpha value is -3.64. The highest BCUT2D eigenvalue weighted by molar-refractivity contribution is 6.33. The van der Waals surface area contributed by atoms with Gasteiger partial charge in [-0.25, -0.2) is 4.98 Å². The van der Waals surface area contributed by atoms with Gasteiger partial charge in [0.1, 0.15) is 22.5 Å². The summed E-state index contributed by atoms with van der Waals surface area (Å²) in [5, 5.41) is 8.31. The largest absolute Gasteiger partial charge is 0.458 e. The van der Waals surface area contributed by atoms with Crippen molar-refractivity contribution in [1.29, 1.82) is 5.41 Å². The van der Waals surface area contributed by atoms with E-state index < -0.39 is 0 Å². The third-order valence-electron chi connectivity index (χ3n) is 4.81. The molecular formula is C23H20ClN5O. The standard InChI is InChI=1S/C23H20ClN5O/c24-22-18(17-8-4-5-13-28-17)20(25)19(23(26)27)21(29-22)14-9-11-16(12-10-14)30-15-6-2-1-3-7-15/h1-9,11-14H,10H2,(H2,25,29)(H3,26,27). The summed E-state index contributed by atoms with van der Waals surface area (Å²) in [7, 11) is 0. The number of hydrogen-bond acceptors (Lipinski definition) is 5. The normalized spacial score (nSPS) is 15.5. The van der Waals surface area contributed by atoms with E-state index in [4.69, 9.17) is 33.2 Å². The minimum atomic E-state index is -0.160. The monoisotopic (exact) mass is 417 g/mol. The van der Waals surface area contributed by atoms with Crippen molar-refractivity contribution in [1.82, 2.24) is 9.97 Å². The molecule has 1 aliphatic carbocycles. The van der Waals surface area contributed by atoms with E-state index in [-0.39, 0.29) is 16.9 Å². The van der Waals surface area contributed by atoms with Crippen LogP contribution in [-0.2, 0) is 0 Å². The average Bonchev–Trinajstić information content (AvgIpc) is 2.75. The van der Waals surface area contributed by atoms with Crippen molar-refractivity contribution in [2.75, 3.05) is 5.73 Å². The van der Waals surface area contributed by atoms with Crippen molar-refractivity contribution in [3.63, 3.8) is 0 Å². The Morgan fingerprint density at radius 2 is 1.90 bits per heavy atom.